The Hall–Kier alpha value is -1.87. The van der Waals surface area contributed by atoms with Crippen molar-refractivity contribution in [2.24, 2.45) is 5.92 Å². The summed E-state index contributed by atoms with van der Waals surface area (Å²) in [5, 5.41) is 17.6. The van der Waals surface area contributed by atoms with E-state index in [1.54, 1.807) is 4.57 Å². The maximum atomic E-state index is 12.7. The average molecular weight is 411 g/mol. The Morgan fingerprint density at radius 1 is 1.36 bits per heavy atom. The number of ether oxygens (including phenoxy) is 1. The second kappa shape index (κ2) is 6.45. The van der Waals surface area contributed by atoms with E-state index < -0.39 is 11.5 Å². The van der Waals surface area contributed by atoms with Gasteiger partial charge in [0.05, 0.1) is 10.7 Å². The van der Waals surface area contributed by atoms with Crippen LogP contribution in [0.5, 0.6) is 5.88 Å². The third kappa shape index (κ3) is 3.06. The molecular formula is C16H19BrN4O4. The largest absolute Gasteiger partial charge is 0.494 e. The number of nitrogens with one attached hydrogen (secondary N) is 1. The standard InChI is InChI=1S/C16H19BrN4O4/c17-11-7-18-21-14(11)20(8-9-3-5-25-6-4-9)15(23)12(16(21)24)13(22)19-10-1-2-10/h7,9-10,23H,1-6,8H2,(H,19,22). The molecule has 8 nitrogen and oxygen atoms in total. The van der Waals surface area contributed by atoms with E-state index in [-0.39, 0.29) is 17.5 Å². The minimum absolute atomic E-state index is 0.0929. The molecule has 2 aromatic heterocycles. The van der Waals surface area contributed by atoms with Crippen LogP contribution in [-0.4, -0.2) is 44.5 Å². The molecule has 0 aromatic carbocycles. The Balaban J connectivity index is 1.82. The lowest BCUT2D eigenvalue weighted by Crippen LogP contribution is -2.35. The molecule has 1 saturated heterocycles. The van der Waals surface area contributed by atoms with Crippen molar-refractivity contribution in [2.45, 2.75) is 38.3 Å². The number of aromatic hydroxyl groups is 1. The Labute approximate surface area is 151 Å². The predicted molar refractivity (Wildman–Crippen MR) is 92.8 cm³/mol. The Morgan fingerprint density at radius 3 is 2.76 bits per heavy atom. The highest BCUT2D eigenvalue weighted by Gasteiger charge is 2.30. The summed E-state index contributed by atoms with van der Waals surface area (Å²) in [6.45, 7) is 1.85. The van der Waals surface area contributed by atoms with Crippen molar-refractivity contribution >= 4 is 27.5 Å². The molecular weight excluding hydrogens is 392 g/mol. The Kier molecular flexibility index (Phi) is 4.28. The van der Waals surface area contributed by atoms with Crippen molar-refractivity contribution in [1.82, 2.24) is 19.5 Å². The lowest BCUT2D eigenvalue weighted by Gasteiger charge is -2.24. The first-order chi connectivity index (χ1) is 12.1. The van der Waals surface area contributed by atoms with Crippen molar-refractivity contribution in [3.05, 3.63) is 26.6 Å². The molecule has 134 valence electrons. The van der Waals surface area contributed by atoms with E-state index in [1.165, 1.54) is 10.7 Å². The maximum absolute atomic E-state index is 12.7. The van der Waals surface area contributed by atoms with Gasteiger partial charge in [0.15, 0.2) is 11.2 Å². The van der Waals surface area contributed by atoms with E-state index in [4.69, 9.17) is 4.74 Å². The Morgan fingerprint density at radius 2 is 2.08 bits per heavy atom. The van der Waals surface area contributed by atoms with Gasteiger partial charge in [0, 0.05) is 25.8 Å². The molecule has 1 saturated carbocycles. The monoisotopic (exact) mass is 410 g/mol. The highest BCUT2D eigenvalue weighted by Crippen LogP contribution is 2.28. The number of halogens is 1. The summed E-state index contributed by atoms with van der Waals surface area (Å²) in [5.74, 6) is -0.547. The van der Waals surface area contributed by atoms with Gasteiger partial charge >= 0.3 is 0 Å². The quantitative estimate of drug-likeness (QED) is 0.790. The van der Waals surface area contributed by atoms with Crippen molar-refractivity contribution in [1.29, 1.82) is 0 Å². The third-order valence-electron chi connectivity index (χ3n) is 4.76. The zero-order chi connectivity index (χ0) is 17.6. The van der Waals surface area contributed by atoms with E-state index >= 15 is 0 Å². The van der Waals surface area contributed by atoms with Gasteiger partial charge in [-0.3, -0.25) is 14.2 Å². The van der Waals surface area contributed by atoms with Crippen LogP contribution in [0.3, 0.4) is 0 Å². The second-order valence-electron chi connectivity index (χ2n) is 6.65. The fraction of sp³-hybridized carbons (Fsp3) is 0.562. The molecule has 0 unspecified atom stereocenters. The molecule has 2 aromatic rings. The molecule has 2 N–H and O–H groups in total. The topological polar surface area (TPSA) is 97.9 Å². The van der Waals surface area contributed by atoms with Crippen molar-refractivity contribution in [3.63, 3.8) is 0 Å². The minimum atomic E-state index is -0.612. The number of carbonyl (C=O) groups is 1. The Bertz CT molecular complexity index is 880. The van der Waals surface area contributed by atoms with E-state index in [2.05, 4.69) is 26.3 Å². The summed E-state index contributed by atoms with van der Waals surface area (Å²) >= 11 is 3.38. The van der Waals surface area contributed by atoms with Crippen molar-refractivity contribution in [3.8, 4) is 5.88 Å². The number of hydrogen-bond donors (Lipinski definition) is 2. The smallest absolute Gasteiger partial charge is 0.291 e. The first kappa shape index (κ1) is 16.6. The molecule has 9 heteroatoms. The molecule has 2 aliphatic rings. The highest BCUT2D eigenvalue weighted by molar-refractivity contribution is 9.10. The molecule has 2 fully saturated rings. The number of aromatic nitrogens is 3. The van der Waals surface area contributed by atoms with E-state index in [1.807, 2.05) is 0 Å². The number of nitrogens with zero attached hydrogens (tertiary/aromatic N) is 3. The fourth-order valence-corrected chi connectivity index (χ4v) is 3.67. The van der Waals surface area contributed by atoms with Crippen LogP contribution in [-0.2, 0) is 11.3 Å². The van der Waals surface area contributed by atoms with Crippen LogP contribution in [0.15, 0.2) is 15.5 Å². The number of rotatable bonds is 4. The van der Waals surface area contributed by atoms with Gasteiger partial charge in [0.25, 0.3) is 11.5 Å². The first-order valence-electron chi connectivity index (χ1n) is 8.44. The van der Waals surface area contributed by atoms with E-state index in [9.17, 15) is 14.7 Å². The minimum Gasteiger partial charge on any atom is -0.494 e. The number of carbonyl (C=O) groups excluding carboxylic acids is 1. The average Bonchev–Trinajstić information content (AvgIpc) is 3.32. The van der Waals surface area contributed by atoms with E-state index in [0.717, 1.165) is 25.7 Å². The normalized spacial score (nSPS) is 18.6. The van der Waals surface area contributed by atoms with Crippen LogP contribution < -0.4 is 10.9 Å². The number of fused-ring (bicyclic) bond motifs is 1. The molecule has 4 rings (SSSR count). The second-order valence-corrected chi connectivity index (χ2v) is 7.50. The van der Waals surface area contributed by atoms with Crippen molar-refractivity contribution < 1.29 is 14.6 Å². The summed E-state index contributed by atoms with van der Waals surface area (Å²) in [6, 6.07) is 0.0929. The van der Waals surface area contributed by atoms with Gasteiger partial charge in [-0.05, 0) is 47.5 Å². The van der Waals surface area contributed by atoms with Gasteiger partial charge in [0.2, 0.25) is 5.88 Å². The summed E-state index contributed by atoms with van der Waals surface area (Å²) in [5.41, 5.74) is -0.404. The van der Waals surface area contributed by atoms with Gasteiger partial charge in [-0.15, -0.1) is 0 Å². The number of hydrogen-bond acceptors (Lipinski definition) is 5. The zero-order valence-electron chi connectivity index (χ0n) is 13.6. The molecule has 3 heterocycles. The lowest BCUT2D eigenvalue weighted by atomic mass is 10.0. The molecule has 1 aliphatic carbocycles. The number of amides is 1. The third-order valence-corrected chi connectivity index (χ3v) is 5.32. The van der Waals surface area contributed by atoms with Crippen LogP contribution in [0.1, 0.15) is 36.0 Å². The summed E-state index contributed by atoms with van der Waals surface area (Å²) in [6.07, 6.45) is 5.04. The lowest BCUT2D eigenvalue weighted by molar-refractivity contribution is 0.0606. The van der Waals surface area contributed by atoms with Crippen LogP contribution in [0.2, 0.25) is 0 Å². The van der Waals surface area contributed by atoms with Crippen LogP contribution >= 0.6 is 15.9 Å². The molecule has 0 bridgehead atoms. The van der Waals surface area contributed by atoms with Gasteiger partial charge in [-0.25, -0.2) is 0 Å². The summed E-state index contributed by atoms with van der Waals surface area (Å²) in [7, 11) is 0. The van der Waals surface area contributed by atoms with Crippen molar-refractivity contribution in [2.75, 3.05) is 13.2 Å². The predicted octanol–water partition coefficient (Wildman–Crippen LogP) is 1.28. The van der Waals surface area contributed by atoms with Gasteiger partial charge in [-0.2, -0.15) is 9.61 Å². The SMILES string of the molecule is O=C(NC1CC1)c1c(O)n(CC2CCOCC2)c2c(Br)cnn2c1=O. The van der Waals surface area contributed by atoms with Crippen LogP contribution in [0, 0.1) is 5.92 Å². The fourth-order valence-electron chi connectivity index (χ4n) is 3.19. The molecule has 25 heavy (non-hydrogen) atoms. The van der Waals surface area contributed by atoms with Gasteiger partial charge in [0.1, 0.15) is 0 Å². The van der Waals surface area contributed by atoms with Crippen LogP contribution in [0.4, 0.5) is 0 Å². The van der Waals surface area contributed by atoms with Gasteiger partial charge < -0.3 is 15.2 Å². The molecule has 0 spiro atoms. The molecule has 0 radical (unpaired) electrons. The maximum Gasteiger partial charge on any atom is 0.291 e. The molecule has 1 aliphatic heterocycles. The summed E-state index contributed by atoms with van der Waals surface area (Å²) in [4.78, 5) is 25.2. The zero-order valence-corrected chi connectivity index (χ0v) is 15.2. The highest BCUT2D eigenvalue weighted by atomic mass is 79.9. The summed E-state index contributed by atoms with van der Waals surface area (Å²) < 4.78 is 8.76. The molecule has 1 amide bonds. The van der Waals surface area contributed by atoms with Gasteiger partial charge in [-0.1, -0.05) is 0 Å². The van der Waals surface area contributed by atoms with E-state index in [0.29, 0.717) is 35.8 Å². The van der Waals surface area contributed by atoms with Crippen LogP contribution in [0.25, 0.3) is 5.65 Å². The molecule has 0 atom stereocenters. The first-order valence-corrected chi connectivity index (χ1v) is 9.23.